The maximum Gasteiger partial charge on any atom is 0.119 e. The Bertz CT molecular complexity index is 343. The van der Waals surface area contributed by atoms with Crippen molar-refractivity contribution in [2.24, 2.45) is 5.92 Å². The highest BCUT2D eigenvalue weighted by atomic mass is 16.5. The van der Waals surface area contributed by atoms with E-state index in [1.165, 1.54) is 0 Å². The second-order valence-electron chi connectivity index (χ2n) is 4.78. The fourth-order valence-corrected chi connectivity index (χ4v) is 1.55. The van der Waals surface area contributed by atoms with E-state index in [4.69, 9.17) is 4.74 Å². The summed E-state index contributed by atoms with van der Waals surface area (Å²) in [5.74, 6) is 1.19. The molecule has 0 heterocycles. The van der Waals surface area contributed by atoms with Crippen molar-refractivity contribution in [1.82, 2.24) is 0 Å². The Kier molecular flexibility index (Phi) is 4.97. The number of aliphatic hydroxyl groups excluding tert-OH is 1. The monoisotopic (exact) mass is 238 g/mol. The molecule has 96 valence electrons. The molecule has 0 fully saturated rings. The molecule has 0 spiro atoms. The normalized spacial score (nSPS) is 14.7. The van der Waals surface area contributed by atoms with Crippen LogP contribution in [-0.2, 0) is 5.60 Å². The van der Waals surface area contributed by atoms with Gasteiger partial charge < -0.3 is 14.9 Å². The van der Waals surface area contributed by atoms with Gasteiger partial charge in [-0.25, -0.2) is 0 Å². The summed E-state index contributed by atoms with van der Waals surface area (Å²) in [6, 6.07) is 7.30. The van der Waals surface area contributed by atoms with Crippen LogP contribution in [0.5, 0.6) is 5.75 Å². The number of hydrogen-bond donors (Lipinski definition) is 2. The Morgan fingerprint density at radius 1 is 1.35 bits per heavy atom. The zero-order valence-corrected chi connectivity index (χ0v) is 10.8. The van der Waals surface area contributed by atoms with E-state index in [1.807, 2.05) is 25.1 Å². The molecule has 3 nitrogen and oxygen atoms in total. The minimum atomic E-state index is -1.17. The van der Waals surface area contributed by atoms with E-state index >= 15 is 0 Å². The summed E-state index contributed by atoms with van der Waals surface area (Å²) in [6.45, 7) is 6.38. The molecule has 1 aromatic rings. The van der Waals surface area contributed by atoms with Gasteiger partial charge in [-0.2, -0.15) is 0 Å². The molecule has 0 amide bonds. The second kappa shape index (κ2) is 6.03. The molecule has 0 saturated heterocycles. The summed E-state index contributed by atoms with van der Waals surface area (Å²) in [7, 11) is 0. The first-order chi connectivity index (χ1) is 8.01. The maximum atomic E-state index is 10.2. The van der Waals surface area contributed by atoms with E-state index in [0.717, 1.165) is 5.75 Å². The molecule has 1 rings (SSSR count). The van der Waals surface area contributed by atoms with Crippen LogP contribution in [0.3, 0.4) is 0 Å². The van der Waals surface area contributed by atoms with Crippen molar-refractivity contribution in [3.8, 4) is 5.75 Å². The number of ether oxygens (including phenoxy) is 1. The molecule has 0 saturated carbocycles. The average molecular weight is 238 g/mol. The third kappa shape index (κ3) is 3.72. The second-order valence-corrected chi connectivity index (χ2v) is 4.78. The lowest BCUT2D eigenvalue weighted by atomic mass is 9.92. The standard InChI is InChI=1S/C14H22O3/c1-4-14(16,10-15)12-6-5-7-13(8-12)17-9-11(2)3/h5-8,11,15-16H,4,9-10H2,1-3H3/t14-/m1/s1. The summed E-state index contributed by atoms with van der Waals surface area (Å²) in [5.41, 5.74) is -0.472. The molecule has 0 unspecified atom stereocenters. The molecule has 17 heavy (non-hydrogen) atoms. The van der Waals surface area contributed by atoms with Gasteiger partial charge in [-0.3, -0.25) is 0 Å². The minimum absolute atomic E-state index is 0.281. The van der Waals surface area contributed by atoms with Crippen molar-refractivity contribution in [3.05, 3.63) is 29.8 Å². The largest absolute Gasteiger partial charge is 0.493 e. The summed E-state index contributed by atoms with van der Waals surface area (Å²) in [4.78, 5) is 0. The van der Waals surface area contributed by atoms with E-state index in [9.17, 15) is 10.2 Å². The van der Waals surface area contributed by atoms with Crippen molar-refractivity contribution in [1.29, 1.82) is 0 Å². The molecular formula is C14H22O3. The first-order valence-corrected chi connectivity index (χ1v) is 6.08. The summed E-state index contributed by atoms with van der Waals surface area (Å²) in [6.07, 6.45) is 0.469. The van der Waals surface area contributed by atoms with Crippen molar-refractivity contribution >= 4 is 0 Å². The summed E-state index contributed by atoms with van der Waals surface area (Å²) >= 11 is 0. The Balaban J connectivity index is 2.85. The van der Waals surface area contributed by atoms with Crippen LogP contribution in [0.25, 0.3) is 0 Å². The van der Waals surface area contributed by atoms with Crippen LogP contribution in [0.4, 0.5) is 0 Å². The maximum absolute atomic E-state index is 10.2. The lowest BCUT2D eigenvalue weighted by Gasteiger charge is -2.25. The first-order valence-electron chi connectivity index (χ1n) is 6.08. The number of aliphatic hydroxyl groups is 2. The molecule has 0 aromatic heterocycles. The highest BCUT2D eigenvalue weighted by Gasteiger charge is 2.26. The van der Waals surface area contributed by atoms with Gasteiger partial charge in [-0.15, -0.1) is 0 Å². The Morgan fingerprint density at radius 2 is 2.06 bits per heavy atom. The van der Waals surface area contributed by atoms with Gasteiger partial charge in [0.15, 0.2) is 0 Å². The van der Waals surface area contributed by atoms with Crippen LogP contribution >= 0.6 is 0 Å². The van der Waals surface area contributed by atoms with Crippen LogP contribution in [-0.4, -0.2) is 23.4 Å². The fraction of sp³-hybridized carbons (Fsp3) is 0.571. The van der Waals surface area contributed by atoms with E-state index in [1.54, 1.807) is 6.07 Å². The van der Waals surface area contributed by atoms with Gasteiger partial charge in [0.2, 0.25) is 0 Å². The van der Waals surface area contributed by atoms with Crippen molar-refractivity contribution in [2.75, 3.05) is 13.2 Å². The molecule has 0 aliphatic heterocycles. The summed E-state index contributed by atoms with van der Waals surface area (Å²) < 4.78 is 5.60. The molecule has 1 aromatic carbocycles. The van der Waals surface area contributed by atoms with Crippen LogP contribution in [0.2, 0.25) is 0 Å². The number of hydrogen-bond acceptors (Lipinski definition) is 3. The third-order valence-corrected chi connectivity index (χ3v) is 2.80. The van der Waals surface area contributed by atoms with Crippen LogP contribution in [0.1, 0.15) is 32.8 Å². The van der Waals surface area contributed by atoms with Crippen LogP contribution in [0.15, 0.2) is 24.3 Å². The zero-order chi connectivity index (χ0) is 12.9. The van der Waals surface area contributed by atoms with Gasteiger partial charge in [-0.05, 0) is 30.0 Å². The van der Waals surface area contributed by atoms with Crippen LogP contribution in [0, 0.1) is 5.92 Å². The molecule has 1 atom stereocenters. The van der Waals surface area contributed by atoms with Crippen LogP contribution < -0.4 is 4.74 Å². The lowest BCUT2D eigenvalue weighted by molar-refractivity contribution is -0.0224. The lowest BCUT2D eigenvalue weighted by Crippen LogP contribution is -2.29. The zero-order valence-electron chi connectivity index (χ0n) is 10.8. The molecule has 3 heteroatoms. The topological polar surface area (TPSA) is 49.7 Å². The van der Waals surface area contributed by atoms with E-state index in [2.05, 4.69) is 13.8 Å². The van der Waals surface area contributed by atoms with Gasteiger partial charge in [0, 0.05) is 0 Å². The van der Waals surface area contributed by atoms with Gasteiger partial charge in [0.1, 0.15) is 11.4 Å². The molecule has 0 aliphatic rings. The Labute approximate surface area is 103 Å². The molecule has 2 N–H and O–H groups in total. The fourth-order valence-electron chi connectivity index (χ4n) is 1.55. The number of rotatable bonds is 6. The van der Waals surface area contributed by atoms with Crippen molar-refractivity contribution in [2.45, 2.75) is 32.8 Å². The highest BCUT2D eigenvalue weighted by molar-refractivity contribution is 5.32. The van der Waals surface area contributed by atoms with Gasteiger partial charge in [-0.1, -0.05) is 32.9 Å². The third-order valence-electron chi connectivity index (χ3n) is 2.80. The molecule has 0 bridgehead atoms. The SMILES string of the molecule is CC[C@@](O)(CO)c1cccc(OCC(C)C)c1. The molecule has 0 aliphatic carbocycles. The minimum Gasteiger partial charge on any atom is -0.493 e. The molecular weight excluding hydrogens is 216 g/mol. The molecule has 0 radical (unpaired) electrons. The quantitative estimate of drug-likeness (QED) is 0.799. The smallest absolute Gasteiger partial charge is 0.119 e. The number of benzene rings is 1. The predicted molar refractivity (Wildman–Crippen MR) is 68.0 cm³/mol. The average Bonchev–Trinajstić information content (AvgIpc) is 2.35. The van der Waals surface area contributed by atoms with Crippen molar-refractivity contribution in [3.63, 3.8) is 0 Å². The Hall–Kier alpha value is -1.06. The van der Waals surface area contributed by atoms with E-state index in [-0.39, 0.29) is 6.61 Å². The van der Waals surface area contributed by atoms with Crippen molar-refractivity contribution < 1.29 is 14.9 Å². The highest BCUT2D eigenvalue weighted by Crippen LogP contribution is 2.27. The van der Waals surface area contributed by atoms with E-state index < -0.39 is 5.60 Å². The van der Waals surface area contributed by atoms with Gasteiger partial charge in [0.25, 0.3) is 0 Å². The summed E-state index contributed by atoms with van der Waals surface area (Å²) in [5, 5.41) is 19.5. The van der Waals surface area contributed by atoms with Gasteiger partial charge >= 0.3 is 0 Å². The Morgan fingerprint density at radius 3 is 2.59 bits per heavy atom. The first kappa shape index (κ1) is 14.0. The van der Waals surface area contributed by atoms with Gasteiger partial charge in [0.05, 0.1) is 13.2 Å². The van der Waals surface area contributed by atoms with E-state index in [0.29, 0.717) is 24.5 Å². The predicted octanol–water partition coefficient (Wildman–Crippen LogP) is 2.31.